The fourth-order valence-electron chi connectivity index (χ4n) is 3.05. The van der Waals surface area contributed by atoms with E-state index in [4.69, 9.17) is 11.6 Å². The van der Waals surface area contributed by atoms with E-state index in [0.29, 0.717) is 21.0 Å². The van der Waals surface area contributed by atoms with E-state index in [9.17, 15) is 9.59 Å². The molecule has 1 N–H and O–H groups in total. The van der Waals surface area contributed by atoms with Crippen LogP contribution in [0, 0.1) is 6.92 Å². The van der Waals surface area contributed by atoms with Crippen LogP contribution >= 0.6 is 34.3 Å². The third kappa shape index (κ3) is 3.73. The van der Waals surface area contributed by atoms with Crippen molar-refractivity contribution >= 4 is 50.4 Å². The lowest BCUT2D eigenvalue weighted by molar-refractivity contribution is -0.117. The number of carbonyl (C=O) groups is 1. The smallest absolute Gasteiger partial charge is 0.273 e. The summed E-state index contributed by atoms with van der Waals surface area (Å²) in [5.74, 6) is -0.249. The summed E-state index contributed by atoms with van der Waals surface area (Å²) in [7, 11) is 0. The zero-order valence-electron chi connectivity index (χ0n) is 14.9. The van der Waals surface area contributed by atoms with Gasteiger partial charge in [0.25, 0.3) is 5.56 Å². The van der Waals surface area contributed by atoms with Crippen molar-refractivity contribution in [2.24, 2.45) is 0 Å². The number of amides is 1. The zero-order chi connectivity index (χ0) is 19.7. The summed E-state index contributed by atoms with van der Waals surface area (Å²) in [5.41, 5.74) is 4.20. The average Bonchev–Trinajstić information content (AvgIpc) is 3.26. The minimum absolute atomic E-state index is 0.249. The molecule has 0 unspecified atom stereocenters. The van der Waals surface area contributed by atoms with Gasteiger partial charge in [0.1, 0.15) is 11.2 Å². The maximum atomic E-state index is 13.0. The molecule has 0 atom stereocenters. The van der Waals surface area contributed by atoms with E-state index in [1.165, 1.54) is 33.7 Å². The van der Waals surface area contributed by atoms with Crippen molar-refractivity contribution in [1.82, 2.24) is 9.66 Å². The van der Waals surface area contributed by atoms with E-state index >= 15 is 0 Å². The van der Waals surface area contributed by atoms with Crippen LogP contribution in [0.5, 0.6) is 0 Å². The van der Waals surface area contributed by atoms with Gasteiger partial charge >= 0.3 is 0 Å². The van der Waals surface area contributed by atoms with Crippen LogP contribution in [0.15, 0.2) is 53.6 Å². The summed E-state index contributed by atoms with van der Waals surface area (Å²) in [6.45, 7) is 1.98. The second-order valence-corrected chi connectivity index (χ2v) is 9.24. The number of benzene rings is 1. The maximum Gasteiger partial charge on any atom is 0.281 e. The van der Waals surface area contributed by atoms with Crippen molar-refractivity contribution in [3.63, 3.8) is 0 Å². The molecule has 0 aliphatic heterocycles. The number of aryl methyl sites for hydroxylation is 2. The summed E-state index contributed by atoms with van der Waals surface area (Å²) in [6, 6.07) is 13.5. The molecule has 4 rings (SSSR count). The van der Waals surface area contributed by atoms with Crippen LogP contribution in [-0.2, 0) is 11.2 Å². The molecule has 1 aromatic carbocycles. The first kappa shape index (κ1) is 18.9. The summed E-state index contributed by atoms with van der Waals surface area (Å²) in [4.78, 5) is 32.5. The highest BCUT2D eigenvalue weighted by Gasteiger charge is 2.17. The predicted octanol–water partition coefficient (Wildman–Crippen LogP) is 4.85. The Morgan fingerprint density at radius 2 is 1.96 bits per heavy atom. The molecule has 1 amide bonds. The van der Waals surface area contributed by atoms with Gasteiger partial charge in [0, 0.05) is 21.7 Å². The highest BCUT2D eigenvalue weighted by atomic mass is 35.5. The van der Waals surface area contributed by atoms with Crippen LogP contribution in [0.25, 0.3) is 21.3 Å². The Morgan fingerprint density at radius 3 is 2.68 bits per heavy atom. The Morgan fingerprint density at radius 1 is 1.18 bits per heavy atom. The van der Waals surface area contributed by atoms with Gasteiger partial charge in [-0.3, -0.25) is 15.0 Å². The topological polar surface area (TPSA) is 64.0 Å². The molecule has 4 aromatic rings. The molecule has 8 heteroatoms. The molecule has 0 spiro atoms. The Hall–Kier alpha value is -2.48. The van der Waals surface area contributed by atoms with Gasteiger partial charge in [-0.05, 0) is 31.0 Å². The summed E-state index contributed by atoms with van der Waals surface area (Å²) < 4.78 is 1.87. The molecule has 142 valence electrons. The van der Waals surface area contributed by atoms with E-state index < -0.39 is 0 Å². The van der Waals surface area contributed by atoms with Crippen molar-refractivity contribution < 1.29 is 4.79 Å². The lowest BCUT2D eigenvalue weighted by atomic mass is 10.0. The fraction of sp³-hybridized carbons (Fsp3) is 0.150. The van der Waals surface area contributed by atoms with Crippen LogP contribution in [0.4, 0.5) is 0 Å². The number of aromatic nitrogens is 2. The van der Waals surface area contributed by atoms with E-state index in [-0.39, 0.29) is 17.9 Å². The van der Waals surface area contributed by atoms with E-state index in [1.54, 1.807) is 0 Å². The Kier molecular flexibility index (Phi) is 5.30. The summed E-state index contributed by atoms with van der Waals surface area (Å²) >= 11 is 8.84. The quantitative estimate of drug-likeness (QED) is 0.493. The predicted molar refractivity (Wildman–Crippen MR) is 116 cm³/mol. The van der Waals surface area contributed by atoms with Gasteiger partial charge in [0.15, 0.2) is 0 Å². The molecule has 0 saturated carbocycles. The largest absolute Gasteiger partial charge is 0.281 e. The maximum absolute atomic E-state index is 13.0. The van der Waals surface area contributed by atoms with E-state index in [1.807, 2.05) is 49.4 Å². The van der Waals surface area contributed by atoms with Gasteiger partial charge in [-0.1, -0.05) is 41.9 Å². The molecule has 0 fully saturated rings. The molecule has 0 aliphatic rings. The van der Waals surface area contributed by atoms with Crippen LogP contribution in [0.1, 0.15) is 16.2 Å². The van der Waals surface area contributed by atoms with Crippen LogP contribution < -0.4 is 11.0 Å². The number of carbonyl (C=O) groups excluding carboxylic acids is 1. The molecule has 0 aliphatic carbocycles. The lowest BCUT2D eigenvalue weighted by Gasteiger charge is -2.08. The van der Waals surface area contributed by atoms with Gasteiger partial charge in [-0.25, -0.2) is 9.66 Å². The summed E-state index contributed by atoms with van der Waals surface area (Å²) in [5, 5.41) is 0.529. The van der Waals surface area contributed by atoms with Crippen LogP contribution in [-0.4, -0.2) is 15.6 Å². The fourth-order valence-corrected chi connectivity index (χ4v) is 5.14. The van der Waals surface area contributed by atoms with E-state index in [0.717, 1.165) is 20.9 Å². The van der Waals surface area contributed by atoms with Gasteiger partial charge < -0.3 is 0 Å². The van der Waals surface area contributed by atoms with Crippen molar-refractivity contribution in [2.45, 2.75) is 19.8 Å². The minimum Gasteiger partial charge on any atom is -0.273 e. The first-order chi connectivity index (χ1) is 13.5. The van der Waals surface area contributed by atoms with Crippen molar-refractivity contribution in [3.8, 4) is 11.1 Å². The number of nitrogens with one attached hydrogen (secondary N) is 1. The highest BCUT2D eigenvalue weighted by Crippen LogP contribution is 2.35. The molecular formula is C20H16ClN3O2S2. The second-order valence-electron chi connectivity index (χ2n) is 6.24. The van der Waals surface area contributed by atoms with Crippen molar-refractivity contribution in [3.05, 3.63) is 73.2 Å². The first-order valence-corrected chi connectivity index (χ1v) is 10.6. The summed E-state index contributed by atoms with van der Waals surface area (Å²) in [6.07, 6.45) is 2.20. The van der Waals surface area contributed by atoms with Gasteiger partial charge in [0.05, 0.1) is 9.72 Å². The monoisotopic (exact) mass is 429 g/mol. The molecule has 3 heterocycles. The van der Waals surface area contributed by atoms with Gasteiger partial charge in [-0.15, -0.1) is 22.7 Å². The normalized spacial score (nSPS) is 11.1. The number of thiophene rings is 2. The molecule has 0 bridgehead atoms. The number of hydrogen-bond acceptors (Lipinski definition) is 5. The third-order valence-electron chi connectivity index (χ3n) is 4.32. The Balaban J connectivity index is 1.62. The Bertz CT molecular complexity index is 1210. The van der Waals surface area contributed by atoms with Crippen LogP contribution in [0.3, 0.4) is 0 Å². The van der Waals surface area contributed by atoms with Crippen molar-refractivity contribution in [2.75, 3.05) is 5.43 Å². The standard InChI is InChI=1S/C20H16ClN3O2S2/c1-12-17(13-5-3-2-4-6-13)18-19(27-12)22-11-24(20(18)26)23-16(25)10-8-14-7-9-15(21)28-14/h2-7,9,11H,8,10H2,1H3,(H,23,25). The molecule has 28 heavy (non-hydrogen) atoms. The second kappa shape index (κ2) is 7.87. The molecule has 0 saturated heterocycles. The minimum atomic E-state index is -0.277. The molecule has 5 nitrogen and oxygen atoms in total. The zero-order valence-corrected chi connectivity index (χ0v) is 17.3. The number of hydrogen-bond donors (Lipinski definition) is 1. The number of nitrogens with zero attached hydrogens (tertiary/aromatic N) is 2. The molecular weight excluding hydrogens is 414 g/mol. The molecule has 3 aromatic heterocycles. The third-order valence-corrected chi connectivity index (χ3v) is 6.63. The SMILES string of the molecule is Cc1sc2ncn(NC(=O)CCc3ccc(Cl)s3)c(=O)c2c1-c1ccccc1. The van der Waals surface area contributed by atoms with Gasteiger partial charge in [0.2, 0.25) is 5.91 Å². The molecule has 0 radical (unpaired) electrons. The first-order valence-electron chi connectivity index (χ1n) is 8.63. The number of rotatable bonds is 5. The number of fused-ring (bicyclic) bond motifs is 1. The van der Waals surface area contributed by atoms with Crippen molar-refractivity contribution in [1.29, 1.82) is 0 Å². The van der Waals surface area contributed by atoms with Gasteiger partial charge in [-0.2, -0.15) is 0 Å². The highest BCUT2D eigenvalue weighted by molar-refractivity contribution is 7.19. The number of halogens is 1. The average molecular weight is 430 g/mol. The van der Waals surface area contributed by atoms with Crippen LogP contribution in [0.2, 0.25) is 4.34 Å². The van der Waals surface area contributed by atoms with E-state index in [2.05, 4.69) is 10.4 Å². The Labute approximate surface area is 174 Å². The lowest BCUT2D eigenvalue weighted by Crippen LogP contribution is -2.33.